The van der Waals surface area contributed by atoms with Crippen molar-refractivity contribution >= 4 is 16.7 Å². The van der Waals surface area contributed by atoms with Crippen molar-refractivity contribution in [3.8, 4) is 11.5 Å². The fourth-order valence-corrected chi connectivity index (χ4v) is 4.43. The van der Waals surface area contributed by atoms with Crippen molar-refractivity contribution in [1.82, 2.24) is 14.9 Å². The molecule has 0 aliphatic carbocycles. The Bertz CT molecular complexity index is 1190. The second-order valence-corrected chi connectivity index (χ2v) is 9.08. The zero-order chi connectivity index (χ0) is 25.2. The number of alkyl halides is 2. The molecule has 2 atom stereocenters. The van der Waals surface area contributed by atoms with E-state index in [4.69, 9.17) is 14.6 Å². The van der Waals surface area contributed by atoms with E-state index < -0.39 is 12.5 Å². The van der Waals surface area contributed by atoms with Crippen molar-refractivity contribution in [2.45, 2.75) is 44.7 Å². The van der Waals surface area contributed by atoms with Gasteiger partial charge in [0.15, 0.2) is 11.5 Å². The van der Waals surface area contributed by atoms with E-state index in [1.165, 1.54) is 12.1 Å². The van der Waals surface area contributed by atoms with Gasteiger partial charge in [0.05, 0.1) is 12.6 Å². The zero-order valence-electron chi connectivity index (χ0n) is 20.5. The summed E-state index contributed by atoms with van der Waals surface area (Å²) in [5.74, 6) is -0.965. The summed E-state index contributed by atoms with van der Waals surface area (Å²) in [5.41, 5.74) is 1.11. The molecule has 3 aromatic rings. The van der Waals surface area contributed by atoms with Crippen LogP contribution < -0.4 is 14.8 Å². The minimum Gasteiger partial charge on any atom is -0.493 e. The van der Waals surface area contributed by atoms with Crippen LogP contribution in [0.5, 0.6) is 11.5 Å². The Hall–Kier alpha value is -3.04. The number of aliphatic hydroxyl groups excluding tert-OH is 1. The number of nitrogens with zero attached hydrogens (tertiary/aromatic N) is 3. The third kappa shape index (κ3) is 5.46. The van der Waals surface area contributed by atoms with Crippen molar-refractivity contribution in [2.24, 2.45) is 0 Å². The van der Waals surface area contributed by atoms with E-state index >= 15 is 0 Å². The largest absolute Gasteiger partial charge is 0.493 e. The Morgan fingerprint density at radius 1 is 1.23 bits per heavy atom. The number of anilines is 1. The molecule has 1 fully saturated rings. The van der Waals surface area contributed by atoms with E-state index in [0.29, 0.717) is 46.9 Å². The number of ether oxygens (including phenoxy) is 2. The maximum Gasteiger partial charge on any atom is 0.295 e. The number of nitrogens with one attached hydrogen (secondary N) is 1. The molecule has 0 spiro atoms. The summed E-state index contributed by atoms with van der Waals surface area (Å²) < 4.78 is 39.8. The quantitative estimate of drug-likeness (QED) is 0.455. The van der Waals surface area contributed by atoms with Crippen molar-refractivity contribution in [3.63, 3.8) is 0 Å². The third-order valence-corrected chi connectivity index (χ3v) is 6.56. The first kappa shape index (κ1) is 25.1. The third-order valence-electron chi connectivity index (χ3n) is 6.56. The molecule has 7 nitrogen and oxygen atoms in total. The first-order valence-corrected chi connectivity index (χ1v) is 11.8. The second-order valence-electron chi connectivity index (χ2n) is 9.08. The van der Waals surface area contributed by atoms with Crippen LogP contribution in [-0.4, -0.2) is 59.9 Å². The van der Waals surface area contributed by atoms with E-state index in [1.54, 1.807) is 26.2 Å². The van der Waals surface area contributed by atoms with Crippen LogP contribution >= 0.6 is 0 Å². The van der Waals surface area contributed by atoms with Crippen LogP contribution in [0.2, 0.25) is 0 Å². The lowest BCUT2D eigenvalue weighted by molar-refractivity contribution is -0.0556. The van der Waals surface area contributed by atoms with Gasteiger partial charge in [0, 0.05) is 29.1 Å². The highest BCUT2D eigenvalue weighted by Gasteiger charge is 2.31. The minimum atomic E-state index is -3.30. The van der Waals surface area contributed by atoms with Gasteiger partial charge >= 0.3 is 0 Å². The molecular weight excluding hydrogens is 454 g/mol. The SMILES string of the molecule is COc1cc2nc(C)nc(N[C@H](C)c3cccc(C(F)(F)CO)c3)c2cc1OC[C@@H]1CCCN1C. The maximum absolute atomic E-state index is 14.0. The predicted molar refractivity (Wildman–Crippen MR) is 131 cm³/mol. The molecule has 0 saturated carbocycles. The van der Waals surface area contributed by atoms with E-state index in [-0.39, 0.29) is 11.6 Å². The number of likely N-dealkylation sites (tertiary alicyclic amines) is 1. The molecule has 1 aliphatic heterocycles. The van der Waals surface area contributed by atoms with Gasteiger partial charge in [0.2, 0.25) is 0 Å². The van der Waals surface area contributed by atoms with Crippen molar-refractivity contribution in [3.05, 3.63) is 53.3 Å². The molecule has 1 saturated heterocycles. The lowest BCUT2D eigenvalue weighted by Gasteiger charge is -2.22. The number of aryl methyl sites for hydroxylation is 1. The van der Waals surface area contributed by atoms with Gasteiger partial charge in [-0.2, -0.15) is 8.78 Å². The zero-order valence-corrected chi connectivity index (χ0v) is 20.5. The highest BCUT2D eigenvalue weighted by Crippen LogP contribution is 2.36. The Kier molecular flexibility index (Phi) is 7.37. The summed E-state index contributed by atoms with van der Waals surface area (Å²) in [7, 11) is 3.70. The standard InChI is InChI=1S/C26H32F2N4O3/c1-16(18-7-5-8-19(11-18)26(27,28)15-33)29-25-21-12-24(35-14-20-9-6-10-32(20)3)23(34-4)13-22(21)30-17(2)31-25/h5,7-8,11-13,16,20,33H,6,9-10,14-15H2,1-4H3,(H,29,30,31)/t16-,20+/m1/s1. The molecule has 4 rings (SSSR count). The smallest absolute Gasteiger partial charge is 0.295 e. The molecule has 0 unspecified atom stereocenters. The summed E-state index contributed by atoms with van der Waals surface area (Å²) in [6, 6.07) is 9.76. The molecule has 2 N–H and O–H groups in total. The molecule has 0 radical (unpaired) electrons. The Morgan fingerprint density at radius 3 is 2.71 bits per heavy atom. The van der Waals surface area contributed by atoms with Crippen LogP contribution in [0.1, 0.15) is 42.8 Å². The Labute approximate surface area is 204 Å². The number of aromatic nitrogens is 2. The fraction of sp³-hybridized carbons (Fsp3) is 0.462. The normalized spacial score (nSPS) is 17.5. The Balaban J connectivity index is 1.64. The summed E-state index contributed by atoms with van der Waals surface area (Å²) in [4.78, 5) is 11.4. The van der Waals surface area contributed by atoms with E-state index in [0.717, 1.165) is 24.8 Å². The van der Waals surface area contributed by atoms with E-state index in [9.17, 15) is 8.78 Å². The van der Waals surface area contributed by atoms with Gasteiger partial charge in [-0.05, 0) is 58.0 Å². The van der Waals surface area contributed by atoms with E-state index in [2.05, 4.69) is 27.2 Å². The molecule has 0 amide bonds. The van der Waals surface area contributed by atoms with Crippen LogP contribution in [0.15, 0.2) is 36.4 Å². The first-order chi connectivity index (χ1) is 16.7. The summed E-state index contributed by atoms with van der Waals surface area (Å²) >= 11 is 0. The van der Waals surface area contributed by atoms with Gasteiger partial charge in [-0.25, -0.2) is 9.97 Å². The van der Waals surface area contributed by atoms with Crippen LogP contribution in [0.25, 0.3) is 10.9 Å². The van der Waals surface area contributed by atoms with Crippen LogP contribution in [0.4, 0.5) is 14.6 Å². The van der Waals surface area contributed by atoms with Crippen LogP contribution in [0.3, 0.4) is 0 Å². The van der Waals surface area contributed by atoms with Crippen LogP contribution in [0, 0.1) is 6.92 Å². The minimum absolute atomic E-state index is 0.229. The van der Waals surface area contributed by atoms with Crippen LogP contribution in [-0.2, 0) is 5.92 Å². The topological polar surface area (TPSA) is 79.7 Å². The van der Waals surface area contributed by atoms with Gasteiger partial charge in [0.25, 0.3) is 5.92 Å². The Morgan fingerprint density at radius 2 is 2.03 bits per heavy atom. The number of hydrogen-bond acceptors (Lipinski definition) is 7. The molecule has 2 aromatic carbocycles. The number of rotatable bonds is 9. The predicted octanol–water partition coefficient (Wildman–Crippen LogP) is 4.68. The number of methoxy groups -OCH3 is 1. The molecule has 2 heterocycles. The maximum atomic E-state index is 14.0. The number of likely N-dealkylation sites (N-methyl/N-ethyl adjacent to an activating group) is 1. The fourth-order valence-electron chi connectivity index (χ4n) is 4.43. The molecule has 188 valence electrons. The first-order valence-electron chi connectivity index (χ1n) is 11.8. The highest BCUT2D eigenvalue weighted by molar-refractivity contribution is 5.92. The van der Waals surface area contributed by atoms with Crippen molar-refractivity contribution in [2.75, 3.05) is 39.2 Å². The number of hydrogen-bond donors (Lipinski definition) is 2. The van der Waals surface area contributed by atoms with Gasteiger partial charge in [-0.15, -0.1) is 0 Å². The summed E-state index contributed by atoms with van der Waals surface area (Å²) in [6.07, 6.45) is 2.25. The molecular formula is C26H32F2N4O3. The highest BCUT2D eigenvalue weighted by atomic mass is 19.3. The molecule has 1 aromatic heterocycles. The summed E-state index contributed by atoms with van der Waals surface area (Å²) in [5, 5.41) is 13.1. The lowest BCUT2D eigenvalue weighted by Crippen LogP contribution is -2.30. The average Bonchev–Trinajstić information content (AvgIpc) is 3.26. The molecule has 9 heteroatoms. The number of aliphatic hydroxyl groups is 1. The monoisotopic (exact) mass is 486 g/mol. The average molecular weight is 487 g/mol. The van der Waals surface area contributed by atoms with Crippen molar-refractivity contribution in [1.29, 1.82) is 0 Å². The lowest BCUT2D eigenvalue weighted by atomic mass is 10.0. The number of fused-ring (bicyclic) bond motifs is 1. The molecule has 1 aliphatic rings. The molecule has 0 bridgehead atoms. The van der Waals surface area contributed by atoms with Gasteiger partial charge in [0.1, 0.15) is 24.9 Å². The summed E-state index contributed by atoms with van der Waals surface area (Å²) in [6.45, 7) is 4.04. The number of benzene rings is 2. The van der Waals surface area contributed by atoms with Gasteiger partial charge in [-0.3, -0.25) is 0 Å². The van der Waals surface area contributed by atoms with E-state index in [1.807, 2.05) is 19.1 Å². The van der Waals surface area contributed by atoms with Gasteiger partial charge < -0.3 is 24.8 Å². The second kappa shape index (κ2) is 10.3. The molecule has 35 heavy (non-hydrogen) atoms. The van der Waals surface area contributed by atoms with Crippen molar-refractivity contribution < 1.29 is 23.4 Å². The number of halogens is 2. The van der Waals surface area contributed by atoms with Gasteiger partial charge in [-0.1, -0.05) is 18.2 Å².